The van der Waals surface area contributed by atoms with Crippen LogP contribution >= 0.6 is 0 Å². The van der Waals surface area contributed by atoms with E-state index in [1.807, 2.05) is 6.07 Å². The Bertz CT molecular complexity index is 606. The Hall–Kier alpha value is -0.890. The molecule has 0 bridgehead atoms. The summed E-state index contributed by atoms with van der Waals surface area (Å²) < 4.78 is 36.2. The van der Waals surface area contributed by atoms with E-state index in [0.29, 0.717) is 13.2 Å². The van der Waals surface area contributed by atoms with Gasteiger partial charge in [0.05, 0.1) is 25.4 Å². The Labute approximate surface area is 138 Å². The van der Waals surface area contributed by atoms with Crippen LogP contribution in [0.2, 0.25) is 0 Å². The quantitative estimate of drug-likeness (QED) is 0.812. The Kier molecular flexibility index (Phi) is 4.83. The largest absolute Gasteiger partial charge is 0.472 e. The minimum Gasteiger partial charge on any atom is -0.472 e. The van der Waals surface area contributed by atoms with Crippen LogP contribution < -0.4 is 0 Å². The van der Waals surface area contributed by atoms with Crippen LogP contribution in [-0.4, -0.2) is 63.3 Å². The average Bonchev–Trinajstić information content (AvgIpc) is 3.10. The molecule has 0 saturated carbocycles. The summed E-state index contributed by atoms with van der Waals surface area (Å²) in [5.74, 6) is 0. The number of methoxy groups -OCH3 is 1. The molecule has 1 aromatic rings. The zero-order valence-electron chi connectivity index (χ0n) is 13.9. The Morgan fingerprint density at radius 2 is 2.13 bits per heavy atom. The van der Waals surface area contributed by atoms with Gasteiger partial charge in [0.1, 0.15) is 0 Å². The lowest BCUT2D eigenvalue weighted by molar-refractivity contribution is 0.105. The van der Waals surface area contributed by atoms with E-state index in [-0.39, 0.29) is 11.5 Å². The van der Waals surface area contributed by atoms with Gasteiger partial charge in [-0.05, 0) is 43.8 Å². The van der Waals surface area contributed by atoms with E-state index in [1.54, 1.807) is 23.9 Å². The number of nitrogens with zero attached hydrogens (tertiary/aromatic N) is 2. The molecule has 130 valence electrons. The van der Waals surface area contributed by atoms with E-state index in [2.05, 4.69) is 4.90 Å². The molecule has 7 heteroatoms. The van der Waals surface area contributed by atoms with Gasteiger partial charge in [-0.15, -0.1) is 0 Å². The van der Waals surface area contributed by atoms with E-state index in [1.165, 1.54) is 11.8 Å². The summed E-state index contributed by atoms with van der Waals surface area (Å²) in [5.41, 5.74) is 1.31. The smallest absolute Gasteiger partial charge is 0.211 e. The first-order chi connectivity index (χ1) is 10.9. The maximum atomic E-state index is 12.1. The molecule has 2 fully saturated rings. The summed E-state index contributed by atoms with van der Waals surface area (Å²) in [6, 6.07) is 1.98. The first-order valence-electron chi connectivity index (χ1n) is 8.11. The minimum atomic E-state index is -3.18. The van der Waals surface area contributed by atoms with Crippen LogP contribution in [0.5, 0.6) is 0 Å². The molecule has 2 saturated heterocycles. The van der Waals surface area contributed by atoms with Crippen LogP contribution in [0.4, 0.5) is 0 Å². The van der Waals surface area contributed by atoms with Gasteiger partial charge in [0.15, 0.2) is 0 Å². The van der Waals surface area contributed by atoms with Crippen LogP contribution in [0.3, 0.4) is 0 Å². The van der Waals surface area contributed by atoms with Crippen molar-refractivity contribution < 1.29 is 17.6 Å². The molecule has 0 radical (unpaired) electrons. The van der Waals surface area contributed by atoms with Crippen LogP contribution in [0.1, 0.15) is 24.8 Å². The van der Waals surface area contributed by atoms with E-state index in [4.69, 9.17) is 9.15 Å². The molecular weight excluding hydrogens is 316 g/mol. The Balaban J connectivity index is 1.63. The lowest BCUT2D eigenvalue weighted by Gasteiger charge is -2.39. The molecule has 1 atom stereocenters. The van der Waals surface area contributed by atoms with Gasteiger partial charge in [-0.2, -0.15) is 4.31 Å². The molecule has 3 rings (SSSR count). The van der Waals surface area contributed by atoms with Crippen LogP contribution in [0.25, 0.3) is 0 Å². The number of hydrogen-bond acceptors (Lipinski definition) is 5. The van der Waals surface area contributed by atoms with E-state index in [9.17, 15) is 8.42 Å². The molecule has 0 aromatic carbocycles. The third-order valence-electron chi connectivity index (χ3n) is 5.26. The summed E-state index contributed by atoms with van der Waals surface area (Å²) in [4.78, 5) is 2.42. The fourth-order valence-electron chi connectivity index (χ4n) is 4.04. The van der Waals surface area contributed by atoms with Crippen molar-refractivity contribution in [2.24, 2.45) is 5.41 Å². The second-order valence-corrected chi connectivity index (χ2v) is 8.96. The maximum Gasteiger partial charge on any atom is 0.211 e. The number of sulfonamides is 1. The van der Waals surface area contributed by atoms with Crippen molar-refractivity contribution in [3.63, 3.8) is 0 Å². The predicted octanol–water partition coefficient (Wildman–Crippen LogP) is 1.54. The standard InChI is InChI=1S/C16H26N2O4S/c1-21-12-15-9-16(13-18(15)23(2,19)20)4-6-17(7-5-16)10-14-3-8-22-11-14/h3,8,11,15H,4-7,9-10,12-13H2,1-2H3/t15-/m1/s1. The van der Waals surface area contributed by atoms with Gasteiger partial charge in [0.25, 0.3) is 0 Å². The molecule has 23 heavy (non-hydrogen) atoms. The van der Waals surface area contributed by atoms with Crippen molar-refractivity contribution in [2.75, 3.05) is 39.6 Å². The van der Waals surface area contributed by atoms with Crippen LogP contribution in [-0.2, 0) is 21.3 Å². The van der Waals surface area contributed by atoms with Gasteiger partial charge < -0.3 is 9.15 Å². The summed E-state index contributed by atoms with van der Waals surface area (Å²) >= 11 is 0. The van der Waals surface area contributed by atoms with Crippen molar-refractivity contribution in [1.82, 2.24) is 9.21 Å². The SMILES string of the molecule is COC[C@H]1CC2(CCN(Cc3ccoc3)CC2)CN1S(C)(=O)=O. The van der Waals surface area contributed by atoms with Gasteiger partial charge in [-0.1, -0.05) is 0 Å². The van der Waals surface area contributed by atoms with Crippen LogP contribution in [0.15, 0.2) is 23.0 Å². The lowest BCUT2D eigenvalue weighted by Crippen LogP contribution is -2.42. The maximum absolute atomic E-state index is 12.1. The second kappa shape index (κ2) is 6.55. The van der Waals surface area contributed by atoms with E-state index < -0.39 is 10.0 Å². The summed E-state index contributed by atoms with van der Waals surface area (Å²) in [6.45, 7) is 4.03. The highest BCUT2D eigenvalue weighted by Gasteiger charge is 2.48. The number of ether oxygens (including phenoxy) is 1. The van der Waals surface area contributed by atoms with Gasteiger partial charge >= 0.3 is 0 Å². The zero-order valence-corrected chi connectivity index (χ0v) is 14.7. The molecule has 3 heterocycles. The van der Waals surface area contributed by atoms with E-state index in [0.717, 1.165) is 38.9 Å². The van der Waals surface area contributed by atoms with Crippen molar-refractivity contribution in [1.29, 1.82) is 0 Å². The fourth-order valence-corrected chi connectivity index (χ4v) is 5.22. The topological polar surface area (TPSA) is 63.0 Å². The van der Waals surface area contributed by atoms with Gasteiger partial charge in [0, 0.05) is 31.8 Å². The van der Waals surface area contributed by atoms with Crippen molar-refractivity contribution in [3.05, 3.63) is 24.2 Å². The molecule has 0 amide bonds. The highest BCUT2D eigenvalue weighted by molar-refractivity contribution is 7.88. The lowest BCUT2D eigenvalue weighted by atomic mass is 9.76. The molecule has 0 aliphatic carbocycles. The number of rotatable bonds is 5. The third kappa shape index (κ3) is 3.79. The molecule has 1 spiro atoms. The van der Waals surface area contributed by atoms with Gasteiger partial charge in [0.2, 0.25) is 10.0 Å². The Morgan fingerprint density at radius 1 is 1.39 bits per heavy atom. The van der Waals surface area contributed by atoms with Gasteiger partial charge in [-0.3, -0.25) is 4.90 Å². The first-order valence-corrected chi connectivity index (χ1v) is 9.96. The van der Waals surface area contributed by atoms with E-state index >= 15 is 0 Å². The highest BCUT2D eigenvalue weighted by Crippen LogP contribution is 2.44. The average molecular weight is 342 g/mol. The predicted molar refractivity (Wildman–Crippen MR) is 87.5 cm³/mol. The Morgan fingerprint density at radius 3 is 2.70 bits per heavy atom. The summed E-state index contributed by atoms with van der Waals surface area (Å²) in [7, 11) is -1.54. The fraction of sp³-hybridized carbons (Fsp3) is 0.750. The molecule has 0 unspecified atom stereocenters. The van der Waals surface area contributed by atoms with Crippen molar-refractivity contribution >= 4 is 10.0 Å². The summed E-state index contributed by atoms with van der Waals surface area (Å²) in [6.07, 6.45) is 7.79. The van der Waals surface area contributed by atoms with Gasteiger partial charge in [-0.25, -0.2) is 8.42 Å². The number of likely N-dealkylation sites (tertiary alicyclic amines) is 1. The van der Waals surface area contributed by atoms with Crippen molar-refractivity contribution in [3.8, 4) is 0 Å². The number of hydrogen-bond donors (Lipinski definition) is 0. The monoisotopic (exact) mass is 342 g/mol. The molecule has 6 nitrogen and oxygen atoms in total. The summed E-state index contributed by atoms with van der Waals surface area (Å²) in [5, 5.41) is 0. The second-order valence-electron chi connectivity index (χ2n) is 7.03. The van der Waals surface area contributed by atoms with Crippen molar-refractivity contribution in [2.45, 2.75) is 31.8 Å². The minimum absolute atomic E-state index is 0.0181. The molecule has 2 aliphatic heterocycles. The normalized spacial score (nSPS) is 26.1. The number of piperidine rings is 1. The first kappa shape index (κ1) is 17.0. The molecular formula is C16H26N2O4S. The zero-order chi connectivity index (χ0) is 16.5. The highest BCUT2D eigenvalue weighted by atomic mass is 32.2. The van der Waals surface area contributed by atoms with Crippen LogP contribution in [0, 0.1) is 5.41 Å². The number of furan rings is 1. The molecule has 2 aliphatic rings. The third-order valence-corrected chi connectivity index (χ3v) is 6.53. The molecule has 0 N–H and O–H groups in total. The molecule has 1 aromatic heterocycles.